The molecular formula is C25H16Cl2F3IN2O3. The van der Waals surface area contributed by atoms with Gasteiger partial charge >= 0.3 is 6.18 Å². The molecule has 0 aromatic heterocycles. The first-order valence-electron chi connectivity index (χ1n) is 10.1. The van der Waals surface area contributed by atoms with Crippen LogP contribution in [0.15, 0.2) is 60.2 Å². The Hall–Kier alpha value is -2.94. The van der Waals surface area contributed by atoms with Crippen molar-refractivity contribution in [2.24, 2.45) is 0 Å². The molecule has 0 fully saturated rings. The molecule has 0 bridgehead atoms. The van der Waals surface area contributed by atoms with E-state index in [1.807, 2.05) is 22.6 Å². The molecule has 36 heavy (non-hydrogen) atoms. The number of ether oxygens (including phenoxy) is 2. The summed E-state index contributed by atoms with van der Waals surface area (Å²) >= 11 is 14.0. The number of carbonyl (C=O) groups excluding carboxylic acids is 1. The molecule has 0 aliphatic heterocycles. The molecule has 11 heteroatoms. The average molecular weight is 647 g/mol. The van der Waals surface area contributed by atoms with Crippen LogP contribution in [-0.4, -0.2) is 13.0 Å². The van der Waals surface area contributed by atoms with E-state index in [1.54, 1.807) is 36.4 Å². The molecule has 0 saturated heterocycles. The number of hydrogen-bond acceptors (Lipinski definition) is 4. The number of hydrogen-bond donors (Lipinski definition) is 1. The van der Waals surface area contributed by atoms with Crippen molar-refractivity contribution in [3.63, 3.8) is 0 Å². The third-order valence-corrected chi connectivity index (χ3v) is 6.28. The Labute approximate surface area is 228 Å². The van der Waals surface area contributed by atoms with Crippen molar-refractivity contribution in [3.8, 4) is 17.6 Å². The van der Waals surface area contributed by atoms with E-state index in [-0.39, 0.29) is 17.9 Å². The average Bonchev–Trinajstić information content (AvgIpc) is 2.83. The Morgan fingerprint density at radius 2 is 1.89 bits per heavy atom. The number of benzene rings is 3. The molecule has 1 amide bonds. The third-order valence-electron chi connectivity index (χ3n) is 4.74. The van der Waals surface area contributed by atoms with Crippen LogP contribution in [0.4, 0.5) is 18.9 Å². The van der Waals surface area contributed by atoms with Gasteiger partial charge in [0.15, 0.2) is 11.5 Å². The van der Waals surface area contributed by atoms with Gasteiger partial charge in [0.05, 0.1) is 26.3 Å². The lowest BCUT2D eigenvalue weighted by Crippen LogP contribution is -2.14. The molecule has 3 aromatic carbocycles. The summed E-state index contributed by atoms with van der Waals surface area (Å²) < 4.78 is 50.8. The Balaban J connectivity index is 1.82. The Morgan fingerprint density at radius 3 is 2.53 bits per heavy atom. The highest BCUT2D eigenvalue weighted by atomic mass is 127. The van der Waals surface area contributed by atoms with Gasteiger partial charge in [-0.25, -0.2) is 0 Å². The largest absolute Gasteiger partial charge is 0.493 e. The SMILES string of the molecule is COc1cc(/C=C(\C#N)C(=O)Nc2cccc(C(F)(F)F)c2)cc(I)c1OCc1ccc(Cl)c(Cl)c1. The molecule has 0 unspecified atom stereocenters. The summed E-state index contributed by atoms with van der Waals surface area (Å²) in [7, 11) is 1.44. The molecule has 3 rings (SSSR count). The van der Waals surface area contributed by atoms with Crippen molar-refractivity contribution in [2.75, 3.05) is 12.4 Å². The Morgan fingerprint density at radius 1 is 1.14 bits per heavy atom. The fourth-order valence-corrected chi connectivity index (χ4v) is 4.14. The highest BCUT2D eigenvalue weighted by molar-refractivity contribution is 14.1. The molecule has 0 aliphatic carbocycles. The highest BCUT2D eigenvalue weighted by Crippen LogP contribution is 2.36. The number of halogens is 6. The number of rotatable bonds is 7. The molecular weight excluding hydrogens is 631 g/mol. The van der Waals surface area contributed by atoms with Crippen molar-refractivity contribution in [3.05, 3.63) is 90.5 Å². The molecule has 5 nitrogen and oxygen atoms in total. The van der Waals surface area contributed by atoms with Crippen molar-refractivity contribution in [2.45, 2.75) is 12.8 Å². The maximum atomic E-state index is 12.9. The first-order chi connectivity index (χ1) is 17.0. The van der Waals surface area contributed by atoms with Crippen LogP contribution in [0.25, 0.3) is 6.08 Å². The van der Waals surface area contributed by atoms with E-state index in [4.69, 9.17) is 32.7 Å². The normalized spacial score (nSPS) is 11.6. The minimum absolute atomic E-state index is 0.0887. The zero-order valence-corrected chi connectivity index (χ0v) is 22.1. The van der Waals surface area contributed by atoms with Gasteiger partial charge in [-0.05, 0) is 82.3 Å². The molecule has 0 atom stereocenters. The topological polar surface area (TPSA) is 71.3 Å². The zero-order chi connectivity index (χ0) is 26.5. The number of methoxy groups -OCH3 is 1. The van der Waals surface area contributed by atoms with Gasteiger partial charge in [0.25, 0.3) is 5.91 Å². The van der Waals surface area contributed by atoms with Crippen LogP contribution in [0, 0.1) is 14.9 Å². The number of amides is 1. The van der Waals surface area contributed by atoms with Gasteiger partial charge < -0.3 is 14.8 Å². The minimum Gasteiger partial charge on any atom is -0.493 e. The van der Waals surface area contributed by atoms with E-state index in [9.17, 15) is 23.2 Å². The molecule has 1 N–H and O–H groups in total. The van der Waals surface area contributed by atoms with Crippen molar-refractivity contribution >= 4 is 63.5 Å². The van der Waals surface area contributed by atoms with Crippen molar-refractivity contribution in [1.82, 2.24) is 0 Å². The standard InChI is InChI=1S/C25H16Cl2F3IN2O3/c1-35-22-10-15(9-21(31)23(22)36-13-14-5-6-19(26)20(27)8-14)7-16(12-32)24(34)33-18-4-2-3-17(11-18)25(28,29)30/h2-11H,13H2,1H3,(H,33,34)/b16-7+. The lowest BCUT2D eigenvalue weighted by atomic mass is 10.1. The maximum Gasteiger partial charge on any atom is 0.416 e. The molecule has 0 heterocycles. The van der Waals surface area contributed by atoms with E-state index < -0.39 is 17.6 Å². The van der Waals surface area contributed by atoms with Crippen molar-refractivity contribution in [1.29, 1.82) is 5.26 Å². The van der Waals surface area contributed by atoms with Gasteiger partial charge in [-0.15, -0.1) is 0 Å². The number of anilines is 1. The second-order valence-corrected chi connectivity index (χ2v) is 9.25. The summed E-state index contributed by atoms with van der Waals surface area (Å²) in [5.74, 6) is -0.0669. The number of nitrogens with zero attached hydrogens (tertiary/aromatic N) is 1. The first-order valence-corrected chi connectivity index (χ1v) is 11.9. The van der Waals surface area contributed by atoms with Crippen LogP contribution in [-0.2, 0) is 17.6 Å². The van der Waals surface area contributed by atoms with E-state index in [1.165, 1.54) is 19.3 Å². The molecule has 3 aromatic rings. The van der Waals surface area contributed by atoms with Crippen LogP contribution in [0.1, 0.15) is 16.7 Å². The summed E-state index contributed by atoms with van der Waals surface area (Å²) in [6.07, 6.45) is -3.26. The number of nitriles is 1. The van der Waals surface area contributed by atoms with Gasteiger partial charge in [-0.3, -0.25) is 4.79 Å². The highest BCUT2D eigenvalue weighted by Gasteiger charge is 2.30. The monoisotopic (exact) mass is 646 g/mol. The van der Waals surface area contributed by atoms with Crippen LogP contribution < -0.4 is 14.8 Å². The number of nitrogens with one attached hydrogen (secondary N) is 1. The minimum atomic E-state index is -4.56. The van der Waals surface area contributed by atoms with Crippen LogP contribution in [0.5, 0.6) is 11.5 Å². The first kappa shape index (κ1) is 27.6. The third kappa shape index (κ3) is 7.06. The van der Waals surface area contributed by atoms with E-state index in [0.29, 0.717) is 30.7 Å². The molecule has 0 spiro atoms. The lowest BCUT2D eigenvalue weighted by Gasteiger charge is -2.14. The molecule has 0 aliphatic rings. The van der Waals surface area contributed by atoms with Gasteiger partial charge in [0.1, 0.15) is 18.2 Å². The van der Waals surface area contributed by atoms with Crippen LogP contribution in [0.3, 0.4) is 0 Å². The maximum absolute atomic E-state index is 12.9. The van der Waals surface area contributed by atoms with Gasteiger partial charge in [0, 0.05) is 5.69 Å². The quantitative estimate of drug-likeness (QED) is 0.162. The van der Waals surface area contributed by atoms with Gasteiger partial charge in [-0.1, -0.05) is 35.3 Å². The van der Waals surface area contributed by atoms with E-state index >= 15 is 0 Å². The molecule has 186 valence electrons. The van der Waals surface area contributed by atoms with Crippen LogP contribution >= 0.6 is 45.8 Å². The van der Waals surface area contributed by atoms with E-state index in [0.717, 1.165) is 23.8 Å². The molecule has 0 radical (unpaired) electrons. The summed E-state index contributed by atoms with van der Waals surface area (Å²) in [5.41, 5.74) is -0.0828. The molecule has 0 saturated carbocycles. The van der Waals surface area contributed by atoms with Gasteiger partial charge in [0.2, 0.25) is 0 Å². The second kappa shape index (κ2) is 11.9. The van der Waals surface area contributed by atoms with Gasteiger partial charge in [-0.2, -0.15) is 18.4 Å². The fourth-order valence-electron chi connectivity index (χ4n) is 3.04. The number of carbonyl (C=O) groups is 1. The Kier molecular flexibility index (Phi) is 9.11. The summed E-state index contributed by atoms with van der Waals surface area (Å²) in [6, 6.07) is 14.3. The Bertz CT molecular complexity index is 1370. The second-order valence-electron chi connectivity index (χ2n) is 7.27. The lowest BCUT2D eigenvalue weighted by molar-refractivity contribution is -0.137. The van der Waals surface area contributed by atoms with Crippen molar-refractivity contribution < 1.29 is 27.4 Å². The van der Waals surface area contributed by atoms with E-state index in [2.05, 4.69) is 5.32 Å². The predicted octanol–water partition coefficient (Wildman–Crippen LogP) is 7.75. The zero-order valence-electron chi connectivity index (χ0n) is 18.4. The summed E-state index contributed by atoms with van der Waals surface area (Å²) in [5, 5.41) is 12.6. The smallest absolute Gasteiger partial charge is 0.416 e. The summed E-state index contributed by atoms with van der Waals surface area (Å²) in [6.45, 7) is 0.182. The predicted molar refractivity (Wildman–Crippen MR) is 140 cm³/mol. The fraction of sp³-hybridized carbons (Fsp3) is 0.120. The number of alkyl halides is 3. The van der Waals surface area contributed by atoms with Crippen LogP contribution in [0.2, 0.25) is 10.0 Å². The summed E-state index contributed by atoms with van der Waals surface area (Å²) in [4.78, 5) is 12.6.